The fraction of sp³-hybridized carbons (Fsp3) is 0.500. The summed E-state index contributed by atoms with van der Waals surface area (Å²) in [5.41, 5.74) is 0. The minimum Gasteiger partial charge on any atom is -0.386 e. The number of rotatable bonds is 3. The summed E-state index contributed by atoms with van der Waals surface area (Å²) in [6.07, 6.45) is 1.84. The first-order valence-electron chi connectivity index (χ1n) is 3.23. The molecule has 11 heavy (non-hydrogen) atoms. The molecule has 0 aromatic carbocycles. The number of aliphatic hydroxyl groups excluding tert-OH is 1. The van der Waals surface area contributed by atoms with Crippen LogP contribution in [0.5, 0.6) is 0 Å². The maximum atomic E-state index is 10.9. The fourth-order valence-corrected chi connectivity index (χ4v) is 0.606. The molecule has 1 rings (SSSR count). The Morgan fingerprint density at radius 3 is 3.00 bits per heavy atom. The SMILES string of the molecule is C[C@@H](O)C(=O)Cn1cncn1. The van der Waals surface area contributed by atoms with E-state index in [2.05, 4.69) is 10.1 Å². The van der Waals surface area contributed by atoms with Crippen molar-refractivity contribution in [2.24, 2.45) is 0 Å². The monoisotopic (exact) mass is 155 g/mol. The number of hydrogen-bond donors (Lipinski definition) is 1. The minimum absolute atomic E-state index is 0.0810. The Labute approximate surface area is 63.7 Å². The number of aliphatic hydroxyl groups is 1. The predicted molar refractivity (Wildman–Crippen MR) is 36.7 cm³/mol. The number of carbonyl (C=O) groups excluding carboxylic acids is 1. The molecule has 0 unspecified atom stereocenters. The number of hydrogen-bond acceptors (Lipinski definition) is 4. The van der Waals surface area contributed by atoms with Gasteiger partial charge < -0.3 is 5.11 Å². The van der Waals surface area contributed by atoms with Gasteiger partial charge in [-0.1, -0.05) is 0 Å². The van der Waals surface area contributed by atoms with Crippen molar-refractivity contribution >= 4 is 5.78 Å². The van der Waals surface area contributed by atoms with Crippen LogP contribution in [0.15, 0.2) is 12.7 Å². The Balaban J connectivity index is 2.50. The quantitative estimate of drug-likeness (QED) is 0.622. The summed E-state index contributed by atoms with van der Waals surface area (Å²) in [6.45, 7) is 1.51. The second-order valence-corrected chi connectivity index (χ2v) is 2.24. The lowest BCUT2D eigenvalue weighted by Crippen LogP contribution is -2.21. The highest BCUT2D eigenvalue weighted by atomic mass is 16.3. The molecule has 0 aliphatic heterocycles. The van der Waals surface area contributed by atoms with E-state index in [4.69, 9.17) is 5.11 Å². The van der Waals surface area contributed by atoms with E-state index in [1.165, 1.54) is 24.3 Å². The average Bonchev–Trinajstić information content (AvgIpc) is 2.39. The van der Waals surface area contributed by atoms with Gasteiger partial charge in [-0.15, -0.1) is 0 Å². The van der Waals surface area contributed by atoms with Crippen LogP contribution in [-0.4, -0.2) is 31.8 Å². The van der Waals surface area contributed by atoms with Crippen LogP contribution in [0.4, 0.5) is 0 Å². The van der Waals surface area contributed by atoms with Gasteiger partial charge in [0.25, 0.3) is 0 Å². The molecule has 0 saturated heterocycles. The van der Waals surface area contributed by atoms with Gasteiger partial charge in [0.05, 0.1) is 0 Å². The molecule has 0 amide bonds. The summed E-state index contributed by atoms with van der Waals surface area (Å²) in [4.78, 5) is 14.5. The van der Waals surface area contributed by atoms with E-state index in [1.54, 1.807) is 0 Å². The number of aromatic nitrogens is 3. The van der Waals surface area contributed by atoms with Crippen molar-refractivity contribution in [3.05, 3.63) is 12.7 Å². The molecule has 5 nitrogen and oxygen atoms in total. The van der Waals surface area contributed by atoms with Crippen molar-refractivity contribution in [1.82, 2.24) is 14.8 Å². The summed E-state index contributed by atoms with van der Waals surface area (Å²) in [5.74, 6) is -0.268. The van der Waals surface area contributed by atoms with Gasteiger partial charge in [-0.3, -0.25) is 4.79 Å². The molecule has 1 atom stereocenters. The van der Waals surface area contributed by atoms with Crippen molar-refractivity contribution in [2.75, 3.05) is 0 Å². The Morgan fingerprint density at radius 1 is 1.82 bits per heavy atom. The molecule has 1 aromatic heterocycles. The van der Waals surface area contributed by atoms with Crippen molar-refractivity contribution < 1.29 is 9.90 Å². The van der Waals surface area contributed by atoms with Crippen molar-refractivity contribution in [2.45, 2.75) is 19.6 Å². The number of ketones is 1. The highest BCUT2D eigenvalue weighted by Gasteiger charge is 2.08. The van der Waals surface area contributed by atoms with Crippen LogP contribution < -0.4 is 0 Å². The van der Waals surface area contributed by atoms with E-state index >= 15 is 0 Å². The molecule has 0 aliphatic carbocycles. The molecule has 1 aromatic rings. The van der Waals surface area contributed by atoms with Crippen molar-refractivity contribution in [3.8, 4) is 0 Å². The van der Waals surface area contributed by atoms with Crippen LogP contribution in [0.25, 0.3) is 0 Å². The summed E-state index contributed by atoms with van der Waals surface area (Å²) in [5, 5.41) is 12.5. The highest BCUT2D eigenvalue weighted by Crippen LogP contribution is 1.87. The molecule has 1 N–H and O–H groups in total. The molecule has 0 spiro atoms. The predicted octanol–water partition coefficient (Wildman–Crippen LogP) is -0.772. The van der Waals surface area contributed by atoms with Crippen LogP contribution in [0, 0.1) is 0 Å². The molecule has 60 valence electrons. The molecule has 0 bridgehead atoms. The number of Topliss-reactive ketones (excluding diaryl/α,β-unsaturated/α-hetero) is 1. The van der Waals surface area contributed by atoms with E-state index in [0.29, 0.717) is 0 Å². The lowest BCUT2D eigenvalue weighted by atomic mass is 10.3. The summed E-state index contributed by atoms with van der Waals surface area (Å²) in [7, 11) is 0. The van der Waals surface area contributed by atoms with Gasteiger partial charge >= 0.3 is 0 Å². The van der Waals surface area contributed by atoms with Gasteiger partial charge in [-0.2, -0.15) is 5.10 Å². The van der Waals surface area contributed by atoms with Gasteiger partial charge in [0.1, 0.15) is 25.3 Å². The van der Waals surface area contributed by atoms with E-state index in [0.717, 1.165) is 0 Å². The van der Waals surface area contributed by atoms with E-state index < -0.39 is 6.10 Å². The van der Waals surface area contributed by atoms with Crippen LogP contribution in [0.3, 0.4) is 0 Å². The zero-order valence-corrected chi connectivity index (χ0v) is 6.14. The molecule has 0 aliphatic rings. The van der Waals surface area contributed by atoms with Crippen LogP contribution >= 0.6 is 0 Å². The van der Waals surface area contributed by atoms with E-state index in [1.807, 2.05) is 0 Å². The Morgan fingerprint density at radius 2 is 2.55 bits per heavy atom. The Kier molecular flexibility index (Phi) is 2.32. The molecule has 0 saturated carbocycles. The fourth-order valence-electron chi connectivity index (χ4n) is 0.606. The van der Waals surface area contributed by atoms with Crippen LogP contribution in [-0.2, 0) is 11.3 Å². The largest absolute Gasteiger partial charge is 0.386 e. The molecule has 0 fully saturated rings. The standard InChI is InChI=1S/C6H9N3O2/c1-5(10)6(11)2-9-4-7-3-8-9/h3-5,10H,2H2,1H3/t5-/m1/s1. The molecule has 5 heteroatoms. The topological polar surface area (TPSA) is 68.0 Å². The molecular formula is C6H9N3O2. The third kappa shape index (κ3) is 2.12. The first-order valence-corrected chi connectivity index (χ1v) is 3.23. The van der Waals surface area contributed by atoms with Crippen LogP contribution in [0.1, 0.15) is 6.92 Å². The van der Waals surface area contributed by atoms with Gasteiger partial charge in [0, 0.05) is 0 Å². The van der Waals surface area contributed by atoms with E-state index in [9.17, 15) is 4.79 Å². The Hall–Kier alpha value is -1.23. The first kappa shape index (κ1) is 7.87. The second kappa shape index (κ2) is 3.25. The normalized spacial score (nSPS) is 12.9. The average molecular weight is 155 g/mol. The van der Waals surface area contributed by atoms with Crippen molar-refractivity contribution in [1.29, 1.82) is 0 Å². The zero-order valence-electron chi connectivity index (χ0n) is 6.14. The van der Waals surface area contributed by atoms with Gasteiger partial charge in [-0.05, 0) is 6.92 Å². The molecule has 1 heterocycles. The third-order valence-electron chi connectivity index (χ3n) is 1.25. The van der Waals surface area contributed by atoms with Gasteiger partial charge in [0.15, 0.2) is 5.78 Å². The first-order chi connectivity index (χ1) is 5.20. The van der Waals surface area contributed by atoms with Crippen LogP contribution in [0.2, 0.25) is 0 Å². The third-order valence-corrected chi connectivity index (χ3v) is 1.25. The second-order valence-electron chi connectivity index (χ2n) is 2.24. The number of carbonyl (C=O) groups is 1. The zero-order chi connectivity index (χ0) is 8.27. The smallest absolute Gasteiger partial charge is 0.182 e. The lowest BCUT2D eigenvalue weighted by molar-refractivity contribution is -0.127. The maximum Gasteiger partial charge on any atom is 0.182 e. The Bertz CT molecular complexity index is 230. The lowest BCUT2D eigenvalue weighted by Gasteiger charge is -2.01. The van der Waals surface area contributed by atoms with Gasteiger partial charge in [0.2, 0.25) is 0 Å². The summed E-state index contributed by atoms with van der Waals surface area (Å²) in [6, 6.07) is 0. The summed E-state index contributed by atoms with van der Waals surface area (Å²) < 4.78 is 1.37. The molecule has 0 radical (unpaired) electrons. The highest BCUT2D eigenvalue weighted by molar-refractivity contribution is 5.81. The minimum atomic E-state index is -0.931. The number of nitrogens with zero attached hydrogens (tertiary/aromatic N) is 3. The van der Waals surface area contributed by atoms with Crippen molar-refractivity contribution in [3.63, 3.8) is 0 Å². The van der Waals surface area contributed by atoms with E-state index in [-0.39, 0.29) is 12.3 Å². The van der Waals surface area contributed by atoms with Gasteiger partial charge in [-0.25, -0.2) is 9.67 Å². The maximum absolute atomic E-state index is 10.9. The summed E-state index contributed by atoms with van der Waals surface area (Å²) >= 11 is 0. The molecular weight excluding hydrogens is 146 g/mol.